The van der Waals surface area contributed by atoms with Crippen molar-refractivity contribution in [2.45, 2.75) is 26.1 Å². The Balaban J connectivity index is 2.24. The van der Waals surface area contributed by atoms with Gasteiger partial charge < -0.3 is 15.4 Å². The first kappa shape index (κ1) is 14.4. The molecule has 104 valence electrons. The molecular formula is C13H16Cl2N2O2. The Labute approximate surface area is 122 Å². The SMILES string of the molecule is C[C@H]1CN(C(=O)c2cc(N)c(Cl)c(Cl)c2)C[C@H](C)O1. The van der Waals surface area contributed by atoms with Gasteiger partial charge in [0.05, 0.1) is 27.9 Å². The van der Waals surface area contributed by atoms with Crippen LogP contribution in [0, 0.1) is 0 Å². The molecule has 1 saturated heterocycles. The summed E-state index contributed by atoms with van der Waals surface area (Å²) in [7, 11) is 0. The molecule has 2 rings (SSSR count). The molecule has 0 spiro atoms. The zero-order chi connectivity index (χ0) is 14.2. The number of rotatable bonds is 1. The van der Waals surface area contributed by atoms with E-state index in [1.807, 2.05) is 13.8 Å². The van der Waals surface area contributed by atoms with Gasteiger partial charge >= 0.3 is 0 Å². The van der Waals surface area contributed by atoms with E-state index in [-0.39, 0.29) is 23.1 Å². The molecule has 1 aromatic rings. The van der Waals surface area contributed by atoms with Gasteiger partial charge in [-0.1, -0.05) is 23.2 Å². The number of amides is 1. The topological polar surface area (TPSA) is 55.6 Å². The molecule has 0 saturated carbocycles. The van der Waals surface area contributed by atoms with E-state index in [4.69, 9.17) is 33.7 Å². The Morgan fingerprint density at radius 2 is 1.89 bits per heavy atom. The van der Waals surface area contributed by atoms with Crippen LogP contribution in [-0.4, -0.2) is 36.1 Å². The van der Waals surface area contributed by atoms with Crippen molar-refractivity contribution in [3.63, 3.8) is 0 Å². The van der Waals surface area contributed by atoms with E-state index in [9.17, 15) is 4.79 Å². The van der Waals surface area contributed by atoms with Crippen molar-refractivity contribution >= 4 is 34.8 Å². The molecule has 0 bridgehead atoms. The average molecular weight is 303 g/mol. The van der Waals surface area contributed by atoms with Crippen LogP contribution in [-0.2, 0) is 4.74 Å². The minimum absolute atomic E-state index is 0.0211. The lowest BCUT2D eigenvalue weighted by Gasteiger charge is -2.35. The number of anilines is 1. The third-order valence-electron chi connectivity index (χ3n) is 3.01. The lowest BCUT2D eigenvalue weighted by Crippen LogP contribution is -2.48. The van der Waals surface area contributed by atoms with Gasteiger partial charge in [0.15, 0.2) is 0 Å². The number of halogens is 2. The lowest BCUT2D eigenvalue weighted by molar-refractivity contribution is -0.0586. The second kappa shape index (κ2) is 5.57. The van der Waals surface area contributed by atoms with Crippen LogP contribution in [0.15, 0.2) is 12.1 Å². The molecule has 1 aliphatic rings. The summed E-state index contributed by atoms with van der Waals surface area (Å²) in [4.78, 5) is 14.2. The van der Waals surface area contributed by atoms with Crippen molar-refractivity contribution < 1.29 is 9.53 Å². The minimum atomic E-state index is -0.104. The fraction of sp³-hybridized carbons (Fsp3) is 0.462. The van der Waals surface area contributed by atoms with Gasteiger partial charge in [-0.3, -0.25) is 4.79 Å². The Hall–Kier alpha value is -0.970. The number of morpholine rings is 1. The summed E-state index contributed by atoms with van der Waals surface area (Å²) < 4.78 is 5.60. The molecule has 1 fully saturated rings. The quantitative estimate of drug-likeness (QED) is 0.812. The van der Waals surface area contributed by atoms with E-state index >= 15 is 0 Å². The molecule has 0 aliphatic carbocycles. The highest BCUT2D eigenvalue weighted by Gasteiger charge is 2.27. The molecule has 1 aromatic carbocycles. The average Bonchev–Trinajstić information content (AvgIpc) is 2.33. The molecule has 1 heterocycles. The minimum Gasteiger partial charge on any atom is -0.397 e. The van der Waals surface area contributed by atoms with Crippen molar-refractivity contribution in [2.24, 2.45) is 0 Å². The van der Waals surface area contributed by atoms with Gasteiger partial charge in [-0.2, -0.15) is 0 Å². The van der Waals surface area contributed by atoms with E-state index in [0.29, 0.717) is 29.4 Å². The lowest BCUT2D eigenvalue weighted by atomic mass is 10.1. The van der Waals surface area contributed by atoms with Gasteiger partial charge in [-0.25, -0.2) is 0 Å². The van der Waals surface area contributed by atoms with Gasteiger partial charge in [-0.15, -0.1) is 0 Å². The smallest absolute Gasteiger partial charge is 0.254 e. The first-order valence-electron chi connectivity index (χ1n) is 6.07. The highest BCUT2D eigenvalue weighted by Crippen LogP contribution is 2.30. The molecule has 6 heteroatoms. The summed E-state index contributed by atoms with van der Waals surface area (Å²) in [6.07, 6.45) is 0.0423. The third-order valence-corrected chi connectivity index (χ3v) is 3.83. The van der Waals surface area contributed by atoms with Gasteiger partial charge in [0.1, 0.15) is 0 Å². The van der Waals surface area contributed by atoms with Crippen LogP contribution in [0.3, 0.4) is 0 Å². The maximum atomic E-state index is 12.4. The monoisotopic (exact) mass is 302 g/mol. The third kappa shape index (κ3) is 3.14. The number of carbonyl (C=O) groups excluding carboxylic acids is 1. The van der Waals surface area contributed by atoms with Crippen molar-refractivity contribution in [1.29, 1.82) is 0 Å². The van der Waals surface area contributed by atoms with E-state index in [1.165, 1.54) is 0 Å². The zero-order valence-corrected chi connectivity index (χ0v) is 12.3. The number of nitrogen functional groups attached to an aromatic ring is 1. The first-order valence-corrected chi connectivity index (χ1v) is 6.83. The Morgan fingerprint density at radius 3 is 2.42 bits per heavy atom. The second-order valence-corrected chi connectivity index (χ2v) is 5.61. The maximum Gasteiger partial charge on any atom is 0.254 e. The fourth-order valence-electron chi connectivity index (χ4n) is 2.26. The summed E-state index contributed by atoms with van der Waals surface area (Å²) in [6.45, 7) is 5.00. The molecule has 1 amide bonds. The van der Waals surface area contributed by atoms with Gasteiger partial charge in [0.25, 0.3) is 5.91 Å². The molecule has 0 aromatic heterocycles. The van der Waals surface area contributed by atoms with Crippen molar-refractivity contribution in [2.75, 3.05) is 18.8 Å². The number of benzene rings is 1. The molecule has 1 aliphatic heterocycles. The van der Waals surface area contributed by atoms with E-state index < -0.39 is 0 Å². The van der Waals surface area contributed by atoms with Crippen LogP contribution in [0.5, 0.6) is 0 Å². The van der Waals surface area contributed by atoms with E-state index in [0.717, 1.165) is 0 Å². The van der Waals surface area contributed by atoms with E-state index in [2.05, 4.69) is 0 Å². The van der Waals surface area contributed by atoms with Gasteiger partial charge in [-0.05, 0) is 26.0 Å². The van der Waals surface area contributed by atoms with Crippen molar-refractivity contribution in [1.82, 2.24) is 4.90 Å². The van der Waals surface area contributed by atoms with Crippen LogP contribution in [0.1, 0.15) is 24.2 Å². The molecule has 2 N–H and O–H groups in total. The van der Waals surface area contributed by atoms with Crippen LogP contribution >= 0.6 is 23.2 Å². The number of hydrogen-bond donors (Lipinski definition) is 1. The highest BCUT2D eigenvalue weighted by atomic mass is 35.5. The second-order valence-electron chi connectivity index (χ2n) is 4.83. The number of hydrogen-bond acceptors (Lipinski definition) is 3. The summed E-state index contributed by atoms with van der Waals surface area (Å²) in [5.41, 5.74) is 6.50. The molecule has 19 heavy (non-hydrogen) atoms. The van der Waals surface area contributed by atoms with Gasteiger partial charge in [0, 0.05) is 18.7 Å². The molecule has 0 radical (unpaired) electrons. The van der Waals surface area contributed by atoms with Gasteiger partial charge in [0.2, 0.25) is 0 Å². The zero-order valence-electron chi connectivity index (χ0n) is 10.8. The summed E-state index contributed by atoms with van der Waals surface area (Å²) in [6, 6.07) is 3.11. The Bertz CT molecular complexity index is 474. The molecular weight excluding hydrogens is 287 g/mol. The van der Waals surface area contributed by atoms with Crippen molar-refractivity contribution in [3.05, 3.63) is 27.7 Å². The predicted octanol–water partition coefficient (Wildman–Crippen LogP) is 2.83. The standard InChI is InChI=1S/C13H16Cl2N2O2/c1-7-5-17(6-8(2)19-7)13(18)9-3-10(14)12(15)11(16)4-9/h3-4,7-8H,5-6,16H2,1-2H3/t7-,8-/m0/s1. The number of nitrogens with zero attached hydrogens (tertiary/aromatic N) is 1. The molecule has 2 atom stereocenters. The predicted molar refractivity (Wildman–Crippen MR) is 76.8 cm³/mol. The van der Waals surface area contributed by atoms with Crippen molar-refractivity contribution in [3.8, 4) is 0 Å². The van der Waals surface area contributed by atoms with Crippen LogP contribution in [0.4, 0.5) is 5.69 Å². The first-order chi connectivity index (χ1) is 8.88. The molecule has 0 unspecified atom stereocenters. The number of ether oxygens (including phenoxy) is 1. The fourth-order valence-corrected chi connectivity index (χ4v) is 2.60. The largest absolute Gasteiger partial charge is 0.397 e. The Kier molecular flexibility index (Phi) is 4.23. The van der Waals surface area contributed by atoms with Crippen LogP contribution in [0.25, 0.3) is 0 Å². The summed E-state index contributed by atoms with van der Waals surface area (Å²) in [5, 5.41) is 0.571. The highest BCUT2D eigenvalue weighted by molar-refractivity contribution is 6.43. The van der Waals surface area contributed by atoms with Crippen LogP contribution < -0.4 is 5.73 Å². The summed E-state index contributed by atoms with van der Waals surface area (Å²) in [5.74, 6) is -0.104. The molecule has 4 nitrogen and oxygen atoms in total. The number of nitrogens with two attached hydrogens (primary N) is 1. The van der Waals surface area contributed by atoms with Crippen LogP contribution in [0.2, 0.25) is 10.0 Å². The number of carbonyl (C=O) groups is 1. The summed E-state index contributed by atoms with van der Waals surface area (Å²) >= 11 is 11.8. The Morgan fingerprint density at radius 1 is 1.32 bits per heavy atom. The maximum absolute atomic E-state index is 12.4. The normalized spacial score (nSPS) is 23.5. The van der Waals surface area contributed by atoms with E-state index in [1.54, 1.807) is 17.0 Å².